The largest absolute Gasteiger partial charge is 0.496 e. The van der Waals surface area contributed by atoms with Crippen molar-refractivity contribution in [2.45, 2.75) is 0 Å². The van der Waals surface area contributed by atoms with Crippen LogP contribution in [-0.2, 0) is 0 Å². The van der Waals surface area contributed by atoms with Crippen LogP contribution in [-0.4, -0.2) is 29.1 Å². The number of aromatic nitrogens is 2. The zero-order valence-electron chi connectivity index (χ0n) is 15.4. The molecule has 0 aliphatic rings. The number of hydrogen-bond acceptors (Lipinski definition) is 5. The molecule has 0 unspecified atom stereocenters. The van der Waals surface area contributed by atoms with Gasteiger partial charge in [0.05, 0.1) is 18.1 Å². The first-order valence-electron chi connectivity index (χ1n) is 8.73. The maximum Gasteiger partial charge on any atom is 0.290 e. The zero-order chi connectivity index (χ0) is 20.4. The van der Waals surface area contributed by atoms with Gasteiger partial charge < -0.3 is 4.74 Å². The minimum atomic E-state index is -0.662. The van der Waals surface area contributed by atoms with Crippen LogP contribution in [0.1, 0.15) is 20.8 Å². The highest BCUT2D eigenvalue weighted by atomic mass is 16.5. The van der Waals surface area contributed by atoms with Gasteiger partial charge in [0, 0.05) is 5.39 Å². The van der Waals surface area contributed by atoms with Crippen molar-refractivity contribution in [1.29, 1.82) is 0 Å². The second kappa shape index (κ2) is 7.43. The van der Waals surface area contributed by atoms with Crippen molar-refractivity contribution in [3.05, 3.63) is 82.3 Å². The lowest BCUT2D eigenvalue weighted by atomic mass is 10.1. The van der Waals surface area contributed by atoms with Crippen molar-refractivity contribution in [2.75, 3.05) is 7.11 Å². The molecule has 0 radical (unpaired) electrons. The van der Waals surface area contributed by atoms with Crippen LogP contribution in [0.3, 0.4) is 0 Å². The number of methoxy groups -OCH3 is 1. The van der Waals surface area contributed by atoms with E-state index in [1.165, 1.54) is 7.11 Å². The first-order chi connectivity index (χ1) is 14.1. The van der Waals surface area contributed by atoms with Gasteiger partial charge in [0.2, 0.25) is 0 Å². The van der Waals surface area contributed by atoms with Gasteiger partial charge in [-0.1, -0.05) is 42.5 Å². The molecule has 0 aliphatic heterocycles. The number of nitrogens with zero attached hydrogens (tertiary/aromatic N) is 1. The summed E-state index contributed by atoms with van der Waals surface area (Å²) in [5.41, 5.74) is 4.56. The van der Waals surface area contributed by atoms with Crippen LogP contribution < -0.4 is 21.1 Å². The molecule has 3 N–H and O–H groups in total. The minimum Gasteiger partial charge on any atom is -0.496 e. The lowest BCUT2D eigenvalue weighted by molar-refractivity contribution is 0.0842. The second-order valence-electron chi connectivity index (χ2n) is 6.25. The van der Waals surface area contributed by atoms with Crippen LogP contribution in [0.15, 0.2) is 65.5 Å². The number of nitrogens with one attached hydrogen (secondary N) is 3. The Morgan fingerprint density at radius 3 is 2.24 bits per heavy atom. The highest BCUT2D eigenvalue weighted by Crippen LogP contribution is 2.25. The molecule has 1 heterocycles. The molecule has 2 amide bonds. The fourth-order valence-corrected chi connectivity index (χ4v) is 3.09. The van der Waals surface area contributed by atoms with Gasteiger partial charge in [0.15, 0.2) is 5.69 Å². The van der Waals surface area contributed by atoms with Crippen LogP contribution in [0, 0.1) is 0 Å². The number of hydrogen-bond donors (Lipinski definition) is 3. The van der Waals surface area contributed by atoms with E-state index in [2.05, 4.69) is 21.0 Å². The number of carbonyl (C=O) groups excluding carboxylic acids is 2. The fourth-order valence-electron chi connectivity index (χ4n) is 3.09. The molecule has 8 heteroatoms. The summed E-state index contributed by atoms with van der Waals surface area (Å²) < 4.78 is 5.31. The number of benzene rings is 3. The Bertz CT molecular complexity index is 1310. The van der Waals surface area contributed by atoms with Crippen molar-refractivity contribution < 1.29 is 14.3 Å². The lowest BCUT2D eigenvalue weighted by Crippen LogP contribution is -2.42. The maximum absolute atomic E-state index is 12.6. The van der Waals surface area contributed by atoms with E-state index in [1.807, 2.05) is 24.3 Å². The summed E-state index contributed by atoms with van der Waals surface area (Å²) in [6.45, 7) is 0. The predicted octanol–water partition coefficient (Wildman–Crippen LogP) is 2.16. The summed E-state index contributed by atoms with van der Waals surface area (Å²) in [4.78, 5) is 37.0. The van der Waals surface area contributed by atoms with Crippen molar-refractivity contribution in [2.24, 2.45) is 0 Å². The summed E-state index contributed by atoms with van der Waals surface area (Å²) in [7, 11) is 1.47. The van der Waals surface area contributed by atoms with E-state index in [9.17, 15) is 14.4 Å². The van der Waals surface area contributed by atoms with E-state index >= 15 is 0 Å². The van der Waals surface area contributed by atoms with Gasteiger partial charge >= 0.3 is 0 Å². The molecule has 0 bridgehead atoms. The molecular weight excluding hydrogens is 372 g/mol. The summed E-state index contributed by atoms with van der Waals surface area (Å²) >= 11 is 0. The Balaban J connectivity index is 1.59. The standard InChI is InChI=1S/C21H16N4O4/c1-29-17-11-13-7-3-2-6-12(13)10-16(17)20(27)24-25-21(28)18-14-8-4-5-9-15(14)19(26)23-22-18/h2-11H,1H3,(H,23,26)(H,24,27)(H,25,28). The maximum atomic E-state index is 12.6. The molecule has 4 aromatic rings. The number of amides is 2. The number of hydrazine groups is 1. The fraction of sp³-hybridized carbons (Fsp3) is 0.0476. The molecule has 8 nitrogen and oxygen atoms in total. The molecule has 0 aliphatic carbocycles. The third-order valence-electron chi connectivity index (χ3n) is 4.51. The first kappa shape index (κ1) is 18.2. The quantitative estimate of drug-likeness (QED) is 0.466. The van der Waals surface area contributed by atoms with Gasteiger partial charge in [-0.2, -0.15) is 5.10 Å². The average molecular weight is 388 g/mol. The molecule has 0 saturated carbocycles. The van der Waals surface area contributed by atoms with Crippen LogP contribution in [0.2, 0.25) is 0 Å². The number of H-pyrrole nitrogens is 1. The monoisotopic (exact) mass is 388 g/mol. The van der Waals surface area contributed by atoms with Crippen molar-refractivity contribution in [3.63, 3.8) is 0 Å². The molecular formula is C21H16N4O4. The molecule has 0 fully saturated rings. The summed E-state index contributed by atoms with van der Waals surface area (Å²) in [6, 6.07) is 17.6. The number of ether oxygens (including phenoxy) is 1. The van der Waals surface area contributed by atoms with Crippen molar-refractivity contribution in [1.82, 2.24) is 21.0 Å². The third-order valence-corrected chi connectivity index (χ3v) is 4.51. The van der Waals surface area contributed by atoms with E-state index in [4.69, 9.17) is 4.74 Å². The average Bonchev–Trinajstić information content (AvgIpc) is 2.76. The van der Waals surface area contributed by atoms with Crippen LogP contribution in [0.25, 0.3) is 21.5 Å². The number of carbonyl (C=O) groups is 2. The Morgan fingerprint density at radius 1 is 0.897 bits per heavy atom. The highest BCUT2D eigenvalue weighted by molar-refractivity contribution is 6.07. The predicted molar refractivity (Wildman–Crippen MR) is 108 cm³/mol. The number of fused-ring (bicyclic) bond motifs is 2. The molecule has 1 aromatic heterocycles. The normalized spacial score (nSPS) is 10.7. The molecule has 144 valence electrons. The van der Waals surface area contributed by atoms with Crippen LogP contribution >= 0.6 is 0 Å². The summed E-state index contributed by atoms with van der Waals surface area (Å²) in [5, 5.41) is 8.58. The van der Waals surface area contributed by atoms with E-state index in [1.54, 1.807) is 36.4 Å². The molecule has 0 saturated heterocycles. The van der Waals surface area contributed by atoms with E-state index in [0.717, 1.165) is 10.8 Å². The molecule has 3 aromatic carbocycles. The topological polar surface area (TPSA) is 113 Å². The molecule has 0 spiro atoms. The summed E-state index contributed by atoms with van der Waals surface area (Å²) in [5.74, 6) is -0.830. The highest BCUT2D eigenvalue weighted by Gasteiger charge is 2.17. The van der Waals surface area contributed by atoms with Gasteiger partial charge in [-0.05, 0) is 29.0 Å². The number of rotatable bonds is 3. The van der Waals surface area contributed by atoms with Gasteiger partial charge in [0.1, 0.15) is 5.75 Å². The van der Waals surface area contributed by atoms with E-state index in [-0.39, 0.29) is 11.3 Å². The van der Waals surface area contributed by atoms with Crippen molar-refractivity contribution >= 4 is 33.4 Å². The van der Waals surface area contributed by atoms with Gasteiger partial charge in [-0.3, -0.25) is 25.2 Å². The van der Waals surface area contributed by atoms with Gasteiger partial charge in [-0.15, -0.1) is 0 Å². The van der Waals surface area contributed by atoms with Gasteiger partial charge in [-0.25, -0.2) is 5.10 Å². The Kier molecular flexibility index (Phi) is 4.66. The zero-order valence-corrected chi connectivity index (χ0v) is 15.4. The molecule has 0 atom stereocenters. The van der Waals surface area contributed by atoms with Gasteiger partial charge in [0.25, 0.3) is 17.4 Å². The number of aromatic amines is 1. The lowest BCUT2D eigenvalue weighted by Gasteiger charge is -2.12. The third kappa shape index (κ3) is 3.39. The smallest absolute Gasteiger partial charge is 0.290 e. The second-order valence-corrected chi connectivity index (χ2v) is 6.25. The van der Waals surface area contributed by atoms with Crippen LogP contribution in [0.5, 0.6) is 5.75 Å². The Morgan fingerprint density at radius 2 is 1.52 bits per heavy atom. The Hall–Kier alpha value is -4.20. The SMILES string of the molecule is COc1cc2ccccc2cc1C(=O)NNC(=O)c1n[nH]c(=O)c2ccccc12. The molecule has 29 heavy (non-hydrogen) atoms. The van der Waals surface area contributed by atoms with E-state index in [0.29, 0.717) is 16.5 Å². The summed E-state index contributed by atoms with van der Waals surface area (Å²) in [6.07, 6.45) is 0. The Labute approximate surface area is 164 Å². The van der Waals surface area contributed by atoms with Crippen molar-refractivity contribution in [3.8, 4) is 5.75 Å². The first-order valence-corrected chi connectivity index (χ1v) is 8.73. The van der Waals surface area contributed by atoms with E-state index < -0.39 is 17.4 Å². The molecule has 4 rings (SSSR count). The minimum absolute atomic E-state index is 0.00836. The van der Waals surface area contributed by atoms with Crippen LogP contribution in [0.4, 0.5) is 0 Å².